The second-order valence-electron chi connectivity index (χ2n) is 6.88. The van der Waals surface area contributed by atoms with Crippen LogP contribution in [0.2, 0.25) is 0 Å². The van der Waals surface area contributed by atoms with E-state index in [2.05, 4.69) is 4.98 Å². The number of benzene rings is 1. The number of nitrogens with zero attached hydrogens (tertiary/aromatic N) is 2. The third kappa shape index (κ3) is 4.07. The molecule has 0 saturated heterocycles. The van der Waals surface area contributed by atoms with E-state index >= 15 is 0 Å². The molecule has 2 aromatic heterocycles. The van der Waals surface area contributed by atoms with Crippen molar-refractivity contribution in [2.45, 2.75) is 38.6 Å². The number of ether oxygens (including phenoxy) is 1. The molecule has 0 N–H and O–H groups in total. The number of hydrogen-bond donors (Lipinski definition) is 0. The fourth-order valence-electron chi connectivity index (χ4n) is 3.51. The summed E-state index contributed by atoms with van der Waals surface area (Å²) in [4.78, 5) is 31.4. The first kappa shape index (κ1) is 18.6. The Hall–Kier alpha value is -2.73. The molecule has 0 spiro atoms. The van der Waals surface area contributed by atoms with E-state index < -0.39 is 0 Å². The first-order valence-corrected chi connectivity index (χ1v) is 10.4. The molecule has 2 heterocycles. The van der Waals surface area contributed by atoms with E-state index in [-0.39, 0.29) is 31.1 Å². The molecule has 3 aromatic rings. The predicted molar refractivity (Wildman–Crippen MR) is 112 cm³/mol. The maximum absolute atomic E-state index is 12.9. The molecule has 6 heteroatoms. The molecule has 0 radical (unpaired) electrons. The van der Waals surface area contributed by atoms with Gasteiger partial charge in [-0.25, -0.2) is 4.98 Å². The molecule has 0 saturated carbocycles. The molecular formula is C22H22N2O3S. The number of aromatic nitrogens is 2. The van der Waals surface area contributed by atoms with Crippen molar-refractivity contribution in [1.82, 2.24) is 9.55 Å². The highest BCUT2D eigenvalue weighted by atomic mass is 32.1. The third-order valence-corrected chi connectivity index (χ3v) is 6.15. The van der Waals surface area contributed by atoms with Gasteiger partial charge in [0.1, 0.15) is 11.4 Å². The maximum atomic E-state index is 12.9. The normalized spacial score (nSPS) is 13.7. The van der Waals surface area contributed by atoms with Crippen molar-refractivity contribution in [3.63, 3.8) is 0 Å². The van der Waals surface area contributed by atoms with E-state index in [4.69, 9.17) is 4.74 Å². The van der Waals surface area contributed by atoms with Gasteiger partial charge < -0.3 is 4.74 Å². The molecule has 0 amide bonds. The van der Waals surface area contributed by atoms with E-state index in [1.165, 1.54) is 21.4 Å². The van der Waals surface area contributed by atoms with Crippen molar-refractivity contribution in [2.24, 2.45) is 0 Å². The zero-order valence-corrected chi connectivity index (χ0v) is 16.4. The smallest absolute Gasteiger partial charge is 0.307 e. The van der Waals surface area contributed by atoms with Gasteiger partial charge in [0, 0.05) is 11.4 Å². The minimum atomic E-state index is -0.322. The van der Waals surface area contributed by atoms with Crippen LogP contribution in [0.25, 0.3) is 16.3 Å². The number of thiophene rings is 1. The number of carbonyl (C=O) groups is 1. The lowest BCUT2D eigenvalue weighted by atomic mass is 9.97. The topological polar surface area (TPSA) is 61.2 Å². The molecule has 0 fully saturated rings. The molecule has 0 unspecified atom stereocenters. The van der Waals surface area contributed by atoms with Crippen LogP contribution in [0.1, 0.15) is 35.3 Å². The van der Waals surface area contributed by atoms with Crippen LogP contribution < -0.4 is 5.56 Å². The van der Waals surface area contributed by atoms with E-state index in [1.54, 1.807) is 17.7 Å². The summed E-state index contributed by atoms with van der Waals surface area (Å²) < 4.78 is 6.76. The Morgan fingerprint density at radius 1 is 1.21 bits per heavy atom. The van der Waals surface area contributed by atoms with E-state index in [1.807, 2.05) is 42.5 Å². The van der Waals surface area contributed by atoms with E-state index in [0.717, 1.165) is 35.0 Å². The van der Waals surface area contributed by atoms with Crippen LogP contribution >= 0.6 is 11.3 Å². The van der Waals surface area contributed by atoms with Crippen LogP contribution in [0, 0.1) is 0 Å². The molecule has 28 heavy (non-hydrogen) atoms. The zero-order valence-electron chi connectivity index (χ0n) is 15.6. The number of hydrogen-bond acceptors (Lipinski definition) is 5. The number of esters is 1. The second kappa shape index (κ2) is 8.52. The van der Waals surface area contributed by atoms with Crippen molar-refractivity contribution in [3.05, 3.63) is 69.1 Å². The molecule has 1 aliphatic carbocycles. The highest BCUT2D eigenvalue weighted by molar-refractivity contribution is 7.18. The van der Waals surface area contributed by atoms with Crippen LogP contribution in [-0.4, -0.2) is 22.1 Å². The fourth-order valence-corrected chi connectivity index (χ4v) is 4.73. The zero-order chi connectivity index (χ0) is 19.3. The Kier molecular flexibility index (Phi) is 5.67. The summed E-state index contributed by atoms with van der Waals surface area (Å²) in [5, 5.41) is 0.751. The molecule has 5 nitrogen and oxygen atoms in total. The largest absolute Gasteiger partial charge is 0.461 e. The molecule has 1 aromatic carbocycles. The Morgan fingerprint density at radius 2 is 2.04 bits per heavy atom. The summed E-state index contributed by atoms with van der Waals surface area (Å²) in [6.07, 6.45) is 9.72. The Morgan fingerprint density at radius 3 is 2.89 bits per heavy atom. The summed E-state index contributed by atoms with van der Waals surface area (Å²) in [5.74, 6) is -0.322. The van der Waals surface area contributed by atoms with Gasteiger partial charge in [0.05, 0.1) is 18.1 Å². The van der Waals surface area contributed by atoms with Crippen LogP contribution in [0.4, 0.5) is 0 Å². The number of rotatable bonds is 6. The minimum Gasteiger partial charge on any atom is -0.461 e. The quantitative estimate of drug-likeness (QED) is 0.593. The molecular weight excluding hydrogens is 372 g/mol. The van der Waals surface area contributed by atoms with Gasteiger partial charge in [0.2, 0.25) is 0 Å². The average Bonchev–Trinajstić information content (AvgIpc) is 3.11. The maximum Gasteiger partial charge on any atom is 0.307 e. The summed E-state index contributed by atoms with van der Waals surface area (Å²) in [6.45, 7) is 0.506. The van der Waals surface area contributed by atoms with E-state index in [9.17, 15) is 9.59 Å². The Balaban J connectivity index is 1.36. The fraction of sp³-hybridized carbons (Fsp3) is 0.318. The van der Waals surface area contributed by atoms with Crippen molar-refractivity contribution in [1.29, 1.82) is 0 Å². The molecule has 0 aliphatic heterocycles. The lowest BCUT2D eigenvalue weighted by molar-refractivity contribution is -0.142. The number of carbonyl (C=O) groups excluding carboxylic acids is 1. The van der Waals surface area contributed by atoms with Crippen LogP contribution in [0.15, 0.2) is 47.5 Å². The lowest BCUT2D eigenvalue weighted by Gasteiger charge is -2.10. The van der Waals surface area contributed by atoms with Crippen LogP contribution in [0.5, 0.6) is 0 Å². The minimum absolute atomic E-state index is 0.0406. The van der Waals surface area contributed by atoms with Gasteiger partial charge in [-0.1, -0.05) is 36.4 Å². The van der Waals surface area contributed by atoms with Gasteiger partial charge in [-0.2, -0.15) is 0 Å². The third-order valence-electron chi connectivity index (χ3n) is 4.95. The van der Waals surface area contributed by atoms with Crippen LogP contribution in [0.3, 0.4) is 0 Å². The monoisotopic (exact) mass is 394 g/mol. The van der Waals surface area contributed by atoms with Gasteiger partial charge in [0.25, 0.3) is 5.56 Å². The van der Waals surface area contributed by atoms with Crippen molar-refractivity contribution < 1.29 is 9.53 Å². The van der Waals surface area contributed by atoms with Crippen molar-refractivity contribution in [2.75, 3.05) is 6.61 Å². The standard InChI is InChI=1S/C22H22N2O3S/c25-19(27-14-6-9-16-7-2-1-3-8-16)12-13-24-15-23-21-20(22(24)26)17-10-4-5-11-18(17)28-21/h1-3,6-9,15H,4-5,10-14H2/b9-6+. The van der Waals surface area contributed by atoms with Gasteiger partial charge in [-0.3, -0.25) is 14.2 Å². The van der Waals surface area contributed by atoms with Gasteiger partial charge in [0.15, 0.2) is 0 Å². The molecule has 144 valence electrons. The van der Waals surface area contributed by atoms with Crippen molar-refractivity contribution in [3.8, 4) is 0 Å². The highest BCUT2D eigenvalue weighted by Crippen LogP contribution is 2.33. The number of fused-ring (bicyclic) bond motifs is 3. The van der Waals surface area contributed by atoms with Crippen molar-refractivity contribution >= 4 is 33.6 Å². The summed E-state index contributed by atoms with van der Waals surface area (Å²) in [7, 11) is 0. The number of aryl methyl sites for hydroxylation is 3. The second-order valence-corrected chi connectivity index (χ2v) is 7.96. The first-order valence-electron chi connectivity index (χ1n) is 9.59. The van der Waals surface area contributed by atoms with Gasteiger partial charge in [-0.05, 0) is 42.9 Å². The molecule has 0 bridgehead atoms. The molecule has 4 rings (SSSR count). The molecule has 0 atom stereocenters. The highest BCUT2D eigenvalue weighted by Gasteiger charge is 2.20. The van der Waals surface area contributed by atoms with Gasteiger partial charge in [-0.15, -0.1) is 11.3 Å². The lowest BCUT2D eigenvalue weighted by Crippen LogP contribution is -2.23. The first-order chi connectivity index (χ1) is 13.7. The summed E-state index contributed by atoms with van der Waals surface area (Å²) in [6, 6.07) is 9.84. The molecule has 1 aliphatic rings. The Bertz CT molecular complexity index is 1070. The summed E-state index contributed by atoms with van der Waals surface area (Å²) in [5.41, 5.74) is 2.19. The average molecular weight is 394 g/mol. The van der Waals surface area contributed by atoms with Gasteiger partial charge >= 0.3 is 5.97 Å². The summed E-state index contributed by atoms with van der Waals surface area (Å²) >= 11 is 1.64. The van der Waals surface area contributed by atoms with Crippen LogP contribution in [-0.2, 0) is 28.9 Å². The van der Waals surface area contributed by atoms with E-state index in [0.29, 0.717) is 0 Å². The SMILES string of the molecule is O=C(CCn1cnc2sc3c(c2c1=O)CCCC3)OC/C=C/c1ccccc1. The Labute approximate surface area is 167 Å². The predicted octanol–water partition coefficient (Wildman–Crippen LogP) is 3.98.